The van der Waals surface area contributed by atoms with Crippen molar-refractivity contribution < 1.29 is 9.18 Å². The number of carbonyl (C=O) groups is 1. The van der Waals surface area contributed by atoms with Gasteiger partial charge < -0.3 is 10.3 Å². The lowest BCUT2D eigenvalue weighted by Crippen LogP contribution is -2.22. The number of halogens is 1. The fraction of sp³-hybridized carbons (Fsp3) is 0.308. The standard InChI is InChI=1S/C13H15FN2O/c1-3-15-7-12(17)13-8(2)16-11-6-9(14)4-5-10(11)13/h4-6,15-16H,3,7H2,1-2H3. The highest BCUT2D eigenvalue weighted by Crippen LogP contribution is 2.23. The molecule has 1 heterocycles. The van der Waals surface area contributed by atoms with Crippen LogP contribution in [0.2, 0.25) is 0 Å². The summed E-state index contributed by atoms with van der Waals surface area (Å²) in [7, 11) is 0. The number of ketones is 1. The number of fused-ring (bicyclic) bond motifs is 1. The van der Waals surface area contributed by atoms with Crippen LogP contribution in [-0.4, -0.2) is 23.9 Å². The molecule has 0 radical (unpaired) electrons. The van der Waals surface area contributed by atoms with Gasteiger partial charge in [0.2, 0.25) is 0 Å². The number of benzene rings is 1. The van der Waals surface area contributed by atoms with E-state index in [1.165, 1.54) is 12.1 Å². The number of rotatable bonds is 4. The second kappa shape index (κ2) is 4.67. The van der Waals surface area contributed by atoms with Gasteiger partial charge in [0.05, 0.1) is 6.54 Å². The lowest BCUT2D eigenvalue weighted by Gasteiger charge is -2.01. The van der Waals surface area contributed by atoms with Gasteiger partial charge in [0.15, 0.2) is 5.78 Å². The lowest BCUT2D eigenvalue weighted by molar-refractivity contribution is 0.0993. The van der Waals surface area contributed by atoms with Gasteiger partial charge in [0.1, 0.15) is 5.82 Å². The number of Topliss-reactive ketones (excluding diaryl/α,β-unsaturated/α-hetero) is 1. The summed E-state index contributed by atoms with van der Waals surface area (Å²) in [4.78, 5) is 15.0. The van der Waals surface area contributed by atoms with Crippen LogP contribution in [0, 0.1) is 12.7 Å². The highest BCUT2D eigenvalue weighted by atomic mass is 19.1. The van der Waals surface area contributed by atoms with Crippen molar-refractivity contribution in [1.29, 1.82) is 0 Å². The smallest absolute Gasteiger partial charge is 0.179 e. The molecule has 0 aliphatic heterocycles. The molecule has 0 fully saturated rings. The van der Waals surface area contributed by atoms with E-state index in [1.54, 1.807) is 6.07 Å². The van der Waals surface area contributed by atoms with Crippen molar-refractivity contribution in [3.63, 3.8) is 0 Å². The van der Waals surface area contributed by atoms with E-state index < -0.39 is 0 Å². The first-order valence-electron chi connectivity index (χ1n) is 5.65. The molecule has 0 amide bonds. The van der Waals surface area contributed by atoms with Crippen molar-refractivity contribution >= 4 is 16.7 Å². The van der Waals surface area contributed by atoms with E-state index in [0.717, 1.165) is 17.6 Å². The molecule has 0 bridgehead atoms. The summed E-state index contributed by atoms with van der Waals surface area (Å²) in [6.07, 6.45) is 0. The zero-order valence-electron chi connectivity index (χ0n) is 9.93. The van der Waals surface area contributed by atoms with Gasteiger partial charge in [-0.1, -0.05) is 6.92 Å². The normalized spacial score (nSPS) is 11.0. The molecule has 1 aromatic heterocycles. The number of hydrogen-bond acceptors (Lipinski definition) is 2. The second-order valence-corrected chi connectivity index (χ2v) is 4.02. The van der Waals surface area contributed by atoms with Crippen molar-refractivity contribution in [2.75, 3.05) is 13.1 Å². The Morgan fingerprint density at radius 2 is 2.24 bits per heavy atom. The highest BCUT2D eigenvalue weighted by Gasteiger charge is 2.15. The number of H-pyrrole nitrogens is 1. The van der Waals surface area contributed by atoms with Crippen LogP contribution in [0.4, 0.5) is 4.39 Å². The molecule has 0 saturated carbocycles. The van der Waals surface area contributed by atoms with E-state index in [0.29, 0.717) is 17.6 Å². The van der Waals surface area contributed by atoms with Gasteiger partial charge in [-0.25, -0.2) is 4.39 Å². The van der Waals surface area contributed by atoms with Crippen LogP contribution in [0.15, 0.2) is 18.2 Å². The van der Waals surface area contributed by atoms with Crippen LogP contribution in [0.3, 0.4) is 0 Å². The molecule has 2 N–H and O–H groups in total. The third-order valence-electron chi connectivity index (χ3n) is 2.76. The van der Waals surface area contributed by atoms with Gasteiger partial charge in [0, 0.05) is 22.2 Å². The van der Waals surface area contributed by atoms with Gasteiger partial charge >= 0.3 is 0 Å². The summed E-state index contributed by atoms with van der Waals surface area (Å²) >= 11 is 0. The van der Waals surface area contributed by atoms with Crippen LogP contribution in [0.5, 0.6) is 0 Å². The maximum Gasteiger partial charge on any atom is 0.179 e. The number of aryl methyl sites for hydroxylation is 1. The highest BCUT2D eigenvalue weighted by molar-refractivity contribution is 6.10. The number of aromatic nitrogens is 1. The predicted molar refractivity (Wildman–Crippen MR) is 65.9 cm³/mol. The van der Waals surface area contributed by atoms with Crippen molar-refractivity contribution in [3.8, 4) is 0 Å². The minimum absolute atomic E-state index is 0.0298. The quantitative estimate of drug-likeness (QED) is 0.798. The Morgan fingerprint density at radius 1 is 1.47 bits per heavy atom. The number of carbonyl (C=O) groups excluding carboxylic acids is 1. The third-order valence-corrected chi connectivity index (χ3v) is 2.76. The predicted octanol–water partition coefficient (Wildman–Crippen LogP) is 2.41. The van der Waals surface area contributed by atoms with Crippen LogP contribution in [0.1, 0.15) is 23.0 Å². The van der Waals surface area contributed by atoms with Gasteiger partial charge in [-0.15, -0.1) is 0 Å². The summed E-state index contributed by atoms with van der Waals surface area (Å²) in [6, 6.07) is 4.43. The van der Waals surface area contributed by atoms with E-state index in [9.17, 15) is 9.18 Å². The summed E-state index contributed by atoms with van der Waals surface area (Å²) in [5.74, 6) is -0.272. The average Bonchev–Trinajstić information content (AvgIpc) is 2.61. The first-order chi connectivity index (χ1) is 8.13. The molecule has 0 saturated heterocycles. The molecule has 2 aromatic rings. The summed E-state index contributed by atoms with van der Waals surface area (Å²) in [5, 5.41) is 3.79. The molecule has 0 aliphatic carbocycles. The largest absolute Gasteiger partial charge is 0.358 e. The zero-order valence-corrected chi connectivity index (χ0v) is 9.93. The number of likely N-dealkylation sites (N-methyl/N-ethyl adjacent to an activating group) is 1. The molecule has 90 valence electrons. The Bertz CT molecular complexity index is 560. The molecule has 0 unspecified atom stereocenters. The lowest BCUT2D eigenvalue weighted by atomic mass is 10.1. The molecule has 1 aromatic carbocycles. The van der Waals surface area contributed by atoms with E-state index in [-0.39, 0.29) is 11.6 Å². The summed E-state index contributed by atoms with van der Waals surface area (Å²) < 4.78 is 13.1. The molecule has 0 spiro atoms. The van der Waals surface area contributed by atoms with E-state index >= 15 is 0 Å². The Labute approximate surface area is 99.0 Å². The Balaban J connectivity index is 2.46. The Hall–Kier alpha value is -1.68. The first kappa shape index (κ1) is 11.8. The minimum atomic E-state index is -0.301. The minimum Gasteiger partial charge on any atom is -0.358 e. The third kappa shape index (κ3) is 2.22. The molecule has 3 nitrogen and oxygen atoms in total. The van der Waals surface area contributed by atoms with Gasteiger partial charge in [-0.05, 0) is 31.7 Å². The second-order valence-electron chi connectivity index (χ2n) is 4.02. The maximum absolute atomic E-state index is 13.1. The Kier molecular flexibility index (Phi) is 3.24. The molecule has 0 aliphatic rings. The topological polar surface area (TPSA) is 44.9 Å². The molecule has 0 atom stereocenters. The Morgan fingerprint density at radius 3 is 2.94 bits per heavy atom. The van der Waals surface area contributed by atoms with Crippen molar-refractivity contribution in [3.05, 3.63) is 35.3 Å². The molecule has 2 rings (SSSR count). The van der Waals surface area contributed by atoms with Crippen LogP contribution < -0.4 is 5.32 Å². The van der Waals surface area contributed by atoms with Crippen LogP contribution in [-0.2, 0) is 0 Å². The number of aromatic amines is 1. The van der Waals surface area contributed by atoms with Gasteiger partial charge in [-0.2, -0.15) is 0 Å². The zero-order chi connectivity index (χ0) is 12.4. The monoisotopic (exact) mass is 234 g/mol. The molecular formula is C13H15FN2O. The van der Waals surface area contributed by atoms with Gasteiger partial charge in [-0.3, -0.25) is 4.79 Å². The molecular weight excluding hydrogens is 219 g/mol. The van der Waals surface area contributed by atoms with Crippen LogP contribution >= 0.6 is 0 Å². The van der Waals surface area contributed by atoms with E-state index in [2.05, 4.69) is 10.3 Å². The maximum atomic E-state index is 13.1. The van der Waals surface area contributed by atoms with E-state index in [1.807, 2.05) is 13.8 Å². The van der Waals surface area contributed by atoms with E-state index in [4.69, 9.17) is 0 Å². The number of nitrogens with one attached hydrogen (secondary N) is 2. The van der Waals surface area contributed by atoms with Crippen molar-refractivity contribution in [2.24, 2.45) is 0 Å². The SMILES string of the molecule is CCNCC(=O)c1c(C)[nH]c2cc(F)ccc12. The summed E-state index contributed by atoms with van der Waals surface area (Å²) in [6.45, 7) is 4.84. The average molecular weight is 234 g/mol. The van der Waals surface area contributed by atoms with Crippen LogP contribution in [0.25, 0.3) is 10.9 Å². The fourth-order valence-corrected chi connectivity index (χ4v) is 1.99. The summed E-state index contributed by atoms with van der Waals surface area (Å²) in [5.41, 5.74) is 2.11. The fourth-order valence-electron chi connectivity index (χ4n) is 1.99. The van der Waals surface area contributed by atoms with Gasteiger partial charge in [0.25, 0.3) is 0 Å². The molecule has 4 heteroatoms. The van der Waals surface area contributed by atoms with Crippen molar-refractivity contribution in [1.82, 2.24) is 10.3 Å². The van der Waals surface area contributed by atoms with Crippen molar-refractivity contribution in [2.45, 2.75) is 13.8 Å². The number of hydrogen-bond donors (Lipinski definition) is 2. The first-order valence-corrected chi connectivity index (χ1v) is 5.65. The molecule has 17 heavy (non-hydrogen) atoms.